The van der Waals surface area contributed by atoms with E-state index in [1.807, 2.05) is 0 Å². The van der Waals surface area contributed by atoms with E-state index in [4.69, 9.17) is 5.73 Å². The van der Waals surface area contributed by atoms with Crippen LogP contribution in [-0.4, -0.2) is 16.1 Å². The van der Waals surface area contributed by atoms with Crippen LogP contribution in [0.4, 0.5) is 11.5 Å². The normalized spacial score (nSPS) is 10.2. The number of nitrogens with zero attached hydrogens (tertiary/aromatic N) is 1. The van der Waals surface area contributed by atoms with Gasteiger partial charge in [-0.3, -0.25) is 9.89 Å². The van der Waals surface area contributed by atoms with Crippen molar-refractivity contribution in [2.45, 2.75) is 0 Å². The zero-order valence-electron chi connectivity index (χ0n) is 7.45. The third-order valence-electron chi connectivity index (χ3n) is 1.74. The molecular weight excluding hydrogens is 280 g/mol. The molecule has 0 aliphatic carbocycles. The van der Waals surface area contributed by atoms with Crippen LogP contribution in [0.2, 0.25) is 0 Å². The van der Waals surface area contributed by atoms with Crippen molar-refractivity contribution < 1.29 is 4.79 Å². The first-order valence-electron chi connectivity index (χ1n) is 4.01. The number of carbonyl (C=O) groups excluding carboxylic acids is 1. The van der Waals surface area contributed by atoms with Crippen LogP contribution >= 0.6 is 27.3 Å². The number of anilines is 2. The molecule has 0 bridgehead atoms. The van der Waals surface area contributed by atoms with Crippen molar-refractivity contribution >= 4 is 44.7 Å². The van der Waals surface area contributed by atoms with E-state index in [1.165, 1.54) is 17.5 Å². The van der Waals surface area contributed by atoms with Gasteiger partial charge in [-0.1, -0.05) is 0 Å². The van der Waals surface area contributed by atoms with Gasteiger partial charge < -0.3 is 11.1 Å². The molecule has 0 saturated carbocycles. The average Bonchev–Trinajstić information content (AvgIpc) is 2.77. The van der Waals surface area contributed by atoms with E-state index in [0.29, 0.717) is 17.1 Å². The summed E-state index contributed by atoms with van der Waals surface area (Å²) in [6.07, 6.45) is 1.44. The fourth-order valence-electron chi connectivity index (χ4n) is 1.01. The summed E-state index contributed by atoms with van der Waals surface area (Å²) in [7, 11) is 0. The lowest BCUT2D eigenvalue weighted by Gasteiger charge is -2.00. The second-order valence-corrected chi connectivity index (χ2v) is 5.08. The highest BCUT2D eigenvalue weighted by molar-refractivity contribution is 9.11. The first kappa shape index (κ1) is 10.2. The fourth-order valence-corrected chi connectivity index (χ4v) is 2.15. The summed E-state index contributed by atoms with van der Waals surface area (Å²) < 4.78 is 0.908. The first-order chi connectivity index (χ1) is 7.16. The highest BCUT2D eigenvalue weighted by Gasteiger charge is 2.10. The molecule has 2 rings (SSSR count). The van der Waals surface area contributed by atoms with E-state index < -0.39 is 0 Å². The van der Waals surface area contributed by atoms with Gasteiger partial charge in [0.05, 0.1) is 21.2 Å². The van der Waals surface area contributed by atoms with Crippen LogP contribution in [0.3, 0.4) is 0 Å². The number of carbonyl (C=O) groups is 1. The predicted octanol–water partition coefficient (Wildman–Crippen LogP) is 2.07. The summed E-state index contributed by atoms with van der Waals surface area (Å²) in [6, 6.07) is 1.74. The van der Waals surface area contributed by atoms with Crippen LogP contribution in [0.15, 0.2) is 21.4 Å². The van der Waals surface area contributed by atoms with Gasteiger partial charge in [0.15, 0.2) is 5.82 Å². The van der Waals surface area contributed by atoms with Gasteiger partial charge in [0, 0.05) is 5.38 Å². The molecule has 2 heterocycles. The number of nitrogen functional groups attached to an aromatic ring is 1. The lowest BCUT2D eigenvalue weighted by Crippen LogP contribution is -2.12. The van der Waals surface area contributed by atoms with E-state index in [9.17, 15) is 4.79 Å². The Morgan fingerprint density at radius 1 is 1.67 bits per heavy atom. The Hall–Kier alpha value is -1.34. The number of amides is 1. The van der Waals surface area contributed by atoms with Crippen LogP contribution < -0.4 is 11.1 Å². The maximum Gasteiger partial charge on any atom is 0.257 e. The van der Waals surface area contributed by atoms with Crippen LogP contribution in [0, 0.1) is 0 Å². The Balaban J connectivity index is 2.14. The van der Waals surface area contributed by atoms with Crippen molar-refractivity contribution in [1.82, 2.24) is 10.2 Å². The molecule has 2 aromatic heterocycles. The van der Waals surface area contributed by atoms with Gasteiger partial charge in [0.2, 0.25) is 0 Å². The lowest BCUT2D eigenvalue weighted by atomic mass is 10.3. The molecule has 7 heteroatoms. The van der Waals surface area contributed by atoms with E-state index >= 15 is 0 Å². The number of thiophene rings is 1. The number of hydrogen-bond acceptors (Lipinski definition) is 4. The number of aromatic nitrogens is 2. The summed E-state index contributed by atoms with van der Waals surface area (Å²) in [5.41, 5.74) is 6.56. The smallest absolute Gasteiger partial charge is 0.257 e. The minimum Gasteiger partial charge on any atom is -0.394 e. The zero-order valence-corrected chi connectivity index (χ0v) is 9.85. The highest BCUT2D eigenvalue weighted by Crippen LogP contribution is 2.22. The molecule has 0 aliphatic heterocycles. The van der Waals surface area contributed by atoms with Gasteiger partial charge >= 0.3 is 0 Å². The number of nitrogens with one attached hydrogen (secondary N) is 2. The molecule has 0 spiro atoms. The molecule has 0 fully saturated rings. The molecular formula is C8H7BrN4OS. The van der Waals surface area contributed by atoms with Gasteiger partial charge in [-0.2, -0.15) is 5.10 Å². The monoisotopic (exact) mass is 286 g/mol. The second-order valence-electron chi connectivity index (χ2n) is 2.79. The van der Waals surface area contributed by atoms with Gasteiger partial charge in [-0.15, -0.1) is 11.3 Å². The van der Waals surface area contributed by atoms with Gasteiger partial charge in [0.1, 0.15) is 0 Å². The molecule has 2 aromatic rings. The second kappa shape index (κ2) is 4.03. The maximum absolute atomic E-state index is 11.6. The number of aromatic amines is 1. The Morgan fingerprint density at radius 2 is 2.47 bits per heavy atom. The van der Waals surface area contributed by atoms with Crippen molar-refractivity contribution in [1.29, 1.82) is 0 Å². The Bertz CT molecular complexity index is 492. The highest BCUT2D eigenvalue weighted by atomic mass is 79.9. The van der Waals surface area contributed by atoms with Crippen molar-refractivity contribution in [3.05, 3.63) is 27.0 Å². The molecule has 0 unspecified atom stereocenters. The Kier molecular flexibility index (Phi) is 2.74. The topological polar surface area (TPSA) is 83.8 Å². The Labute approximate surface area is 97.8 Å². The molecule has 0 radical (unpaired) electrons. The summed E-state index contributed by atoms with van der Waals surface area (Å²) in [5, 5.41) is 10.7. The molecule has 5 nitrogen and oxygen atoms in total. The predicted molar refractivity (Wildman–Crippen MR) is 63.0 cm³/mol. The van der Waals surface area contributed by atoms with Crippen molar-refractivity contribution in [3.63, 3.8) is 0 Å². The van der Waals surface area contributed by atoms with Crippen molar-refractivity contribution in [3.8, 4) is 0 Å². The molecule has 4 N–H and O–H groups in total. The zero-order chi connectivity index (χ0) is 10.8. The summed E-state index contributed by atoms with van der Waals surface area (Å²) in [5.74, 6) is 0.204. The summed E-state index contributed by atoms with van der Waals surface area (Å²) >= 11 is 4.73. The summed E-state index contributed by atoms with van der Waals surface area (Å²) in [6.45, 7) is 0. The molecule has 0 aromatic carbocycles. The van der Waals surface area contributed by atoms with Crippen LogP contribution in [-0.2, 0) is 0 Å². The number of H-pyrrole nitrogens is 1. The fraction of sp³-hybridized carbons (Fsp3) is 0. The van der Waals surface area contributed by atoms with Crippen molar-refractivity contribution in [2.75, 3.05) is 11.1 Å². The first-order valence-corrected chi connectivity index (χ1v) is 5.68. The third kappa shape index (κ3) is 2.18. The van der Waals surface area contributed by atoms with Gasteiger partial charge in [-0.05, 0) is 22.0 Å². The minimum absolute atomic E-state index is 0.215. The van der Waals surface area contributed by atoms with Gasteiger partial charge in [-0.25, -0.2) is 0 Å². The average molecular weight is 287 g/mol. The van der Waals surface area contributed by atoms with E-state index in [2.05, 4.69) is 31.4 Å². The van der Waals surface area contributed by atoms with Gasteiger partial charge in [0.25, 0.3) is 5.91 Å². The van der Waals surface area contributed by atoms with E-state index in [0.717, 1.165) is 3.79 Å². The largest absolute Gasteiger partial charge is 0.394 e. The number of hydrogen-bond donors (Lipinski definition) is 3. The van der Waals surface area contributed by atoms with Crippen molar-refractivity contribution in [2.24, 2.45) is 0 Å². The number of nitrogens with two attached hydrogens (primary N) is 1. The SMILES string of the molecule is Nc1cn[nH]c1NC(=O)c1csc(Br)c1. The Morgan fingerprint density at radius 3 is 3.00 bits per heavy atom. The third-order valence-corrected chi connectivity index (χ3v) is 3.24. The van der Waals surface area contributed by atoms with E-state index in [-0.39, 0.29) is 5.91 Å². The molecule has 0 aliphatic rings. The van der Waals surface area contributed by atoms with E-state index in [1.54, 1.807) is 11.4 Å². The van der Waals surface area contributed by atoms with Crippen LogP contribution in [0.1, 0.15) is 10.4 Å². The molecule has 1 amide bonds. The quantitative estimate of drug-likeness (QED) is 0.790. The lowest BCUT2D eigenvalue weighted by molar-refractivity contribution is 0.102. The standard InChI is InChI=1S/C8H7BrN4OS/c9-6-1-4(3-15-6)8(14)12-7-5(10)2-11-13-7/h1-3H,10H2,(H2,11,12,13,14). The number of halogens is 1. The van der Waals surface area contributed by atoms with Crippen LogP contribution in [0.25, 0.3) is 0 Å². The molecule has 78 valence electrons. The summed E-state index contributed by atoms with van der Waals surface area (Å²) in [4.78, 5) is 11.6. The maximum atomic E-state index is 11.6. The van der Waals surface area contributed by atoms with Crippen LogP contribution in [0.5, 0.6) is 0 Å². The molecule has 0 atom stereocenters. The molecule has 15 heavy (non-hydrogen) atoms. The number of rotatable bonds is 2. The molecule has 0 saturated heterocycles. The minimum atomic E-state index is -0.215.